The number of benzene rings is 4. The molecule has 4 aromatic carbocycles. The molecule has 0 bridgehead atoms. The van der Waals surface area contributed by atoms with Gasteiger partial charge in [-0.3, -0.25) is 0 Å². The Morgan fingerprint density at radius 1 is 0.853 bits per heavy atom. The van der Waals surface area contributed by atoms with Crippen LogP contribution < -0.4 is 4.90 Å². The fourth-order valence-electron chi connectivity index (χ4n) is 5.67. The van der Waals surface area contributed by atoms with E-state index in [-0.39, 0.29) is 5.41 Å². The third-order valence-corrected chi connectivity index (χ3v) is 8.31. The van der Waals surface area contributed by atoms with Crippen molar-refractivity contribution in [1.82, 2.24) is 0 Å². The van der Waals surface area contributed by atoms with Crippen molar-refractivity contribution in [2.24, 2.45) is 0 Å². The summed E-state index contributed by atoms with van der Waals surface area (Å²) in [7, 11) is 0. The van der Waals surface area contributed by atoms with Gasteiger partial charge in [-0.05, 0) is 75.4 Å². The number of nitrogens with zero attached hydrogens (tertiary/aromatic N) is 1. The molecule has 0 spiro atoms. The molecule has 1 aliphatic carbocycles. The third kappa shape index (κ3) is 3.24. The number of hydrogen-bond acceptors (Lipinski definition) is 4. The van der Waals surface area contributed by atoms with Gasteiger partial charge in [0.15, 0.2) is 0 Å². The van der Waals surface area contributed by atoms with Gasteiger partial charge >= 0.3 is 0 Å². The van der Waals surface area contributed by atoms with Crippen molar-refractivity contribution in [2.45, 2.75) is 24.2 Å². The second kappa shape index (κ2) is 8.07. The summed E-state index contributed by atoms with van der Waals surface area (Å²) in [4.78, 5) is 3.60. The lowest BCUT2D eigenvalue weighted by molar-refractivity contribution is 0.122. The lowest BCUT2D eigenvalue weighted by Gasteiger charge is -2.29. The average Bonchev–Trinajstić information content (AvgIpc) is 3.11. The molecule has 0 amide bonds. The summed E-state index contributed by atoms with van der Waals surface area (Å²) in [6, 6.07) is 23.9. The number of rotatable bonds is 3. The highest BCUT2D eigenvalue weighted by Gasteiger charge is 2.37. The molecule has 0 saturated carbocycles. The number of ether oxygens (including phenoxy) is 1. The molecule has 3 nitrogen and oxygen atoms in total. The SMILES string of the molecule is CSc1cc2c3c(cc(O)c2cc1-c1ccc(N2CCOCC2)cc1)C(C)(C)c1ccccc1-3. The largest absolute Gasteiger partial charge is 0.507 e. The number of aromatic hydroxyl groups is 1. The standard InChI is InChI=1S/C30H29NO2S/c1-30(2)25-7-5-4-6-21(25)29-24-17-28(34-3)22(16-23(24)27(32)18-26(29)30)19-8-10-20(11-9-19)31-12-14-33-15-13-31/h4-11,16-18,32H,12-15H2,1-3H3. The van der Waals surface area contributed by atoms with Crippen molar-refractivity contribution >= 4 is 28.2 Å². The quantitative estimate of drug-likeness (QED) is 0.326. The van der Waals surface area contributed by atoms with E-state index < -0.39 is 0 Å². The number of fused-ring (bicyclic) bond motifs is 5. The molecule has 1 fully saturated rings. The molecule has 1 heterocycles. The molecule has 2 aliphatic rings. The third-order valence-electron chi connectivity index (χ3n) is 7.53. The maximum atomic E-state index is 11.2. The van der Waals surface area contributed by atoms with Crippen LogP contribution in [0.2, 0.25) is 0 Å². The lowest BCUT2D eigenvalue weighted by Crippen LogP contribution is -2.36. The summed E-state index contributed by atoms with van der Waals surface area (Å²) < 4.78 is 5.49. The van der Waals surface area contributed by atoms with Gasteiger partial charge in [-0.1, -0.05) is 50.2 Å². The minimum Gasteiger partial charge on any atom is -0.507 e. The van der Waals surface area contributed by atoms with Crippen LogP contribution in [0.5, 0.6) is 5.75 Å². The molecule has 4 aromatic rings. The number of thioether (sulfide) groups is 1. The van der Waals surface area contributed by atoms with Crippen molar-refractivity contribution in [3.63, 3.8) is 0 Å². The zero-order valence-corrected chi connectivity index (χ0v) is 20.7. The van der Waals surface area contributed by atoms with E-state index in [1.54, 1.807) is 11.8 Å². The summed E-state index contributed by atoms with van der Waals surface area (Å²) in [5.74, 6) is 0.355. The predicted octanol–water partition coefficient (Wildman–Crippen LogP) is 7.08. The second-order valence-electron chi connectivity index (χ2n) is 9.73. The summed E-state index contributed by atoms with van der Waals surface area (Å²) in [5.41, 5.74) is 8.50. The van der Waals surface area contributed by atoms with Crippen LogP contribution in [0.3, 0.4) is 0 Å². The van der Waals surface area contributed by atoms with E-state index in [1.807, 2.05) is 6.07 Å². The number of phenols is 1. The summed E-state index contributed by atoms with van der Waals surface area (Å²) in [6.07, 6.45) is 2.13. The lowest BCUT2D eigenvalue weighted by atomic mass is 9.82. The predicted molar refractivity (Wildman–Crippen MR) is 143 cm³/mol. The highest BCUT2D eigenvalue weighted by Crippen LogP contribution is 2.54. The van der Waals surface area contributed by atoms with Crippen LogP contribution in [0.4, 0.5) is 5.69 Å². The van der Waals surface area contributed by atoms with Crippen LogP contribution in [0, 0.1) is 0 Å². The van der Waals surface area contributed by atoms with E-state index in [9.17, 15) is 5.11 Å². The summed E-state index contributed by atoms with van der Waals surface area (Å²) in [5, 5.41) is 13.2. The molecule has 6 rings (SSSR count). The van der Waals surface area contributed by atoms with Crippen LogP contribution in [-0.4, -0.2) is 37.7 Å². The fourth-order valence-corrected chi connectivity index (χ4v) is 6.30. The zero-order valence-electron chi connectivity index (χ0n) is 19.9. The normalized spacial score (nSPS) is 16.5. The fraction of sp³-hybridized carbons (Fsp3) is 0.267. The average molecular weight is 468 g/mol. The van der Waals surface area contributed by atoms with Gasteiger partial charge in [-0.25, -0.2) is 0 Å². The maximum absolute atomic E-state index is 11.2. The van der Waals surface area contributed by atoms with Crippen LogP contribution >= 0.6 is 11.8 Å². The van der Waals surface area contributed by atoms with Gasteiger partial charge in [-0.2, -0.15) is 0 Å². The van der Waals surface area contributed by atoms with Crippen molar-refractivity contribution in [3.8, 4) is 28.0 Å². The van der Waals surface area contributed by atoms with Crippen LogP contribution in [0.1, 0.15) is 25.0 Å². The smallest absolute Gasteiger partial charge is 0.123 e. The van der Waals surface area contributed by atoms with Gasteiger partial charge in [0, 0.05) is 34.5 Å². The number of anilines is 1. The Morgan fingerprint density at radius 3 is 2.32 bits per heavy atom. The molecule has 4 heteroatoms. The minimum atomic E-state index is -0.134. The van der Waals surface area contributed by atoms with Crippen molar-refractivity contribution < 1.29 is 9.84 Å². The molecule has 172 valence electrons. The number of morpholine rings is 1. The molecule has 1 N–H and O–H groups in total. The van der Waals surface area contributed by atoms with E-state index in [1.165, 1.54) is 38.4 Å². The zero-order chi connectivity index (χ0) is 23.4. The highest BCUT2D eigenvalue weighted by atomic mass is 32.2. The molecule has 1 aliphatic heterocycles. The number of phenolic OH excluding ortho intramolecular Hbond substituents is 1. The van der Waals surface area contributed by atoms with E-state index >= 15 is 0 Å². The monoisotopic (exact) mass is 467 g/mol. The summed E-state index contributed by atoms with van der Waals surface area (Å²) in [6.45, 7) is 7.94. The highest BCUT2D eigenvalue weighted by molar-refractivity contribution is 7.98. The first-order valence-electron chi connectivity index (χ1n) is 11.9. The minimum absolute atomic E-state index is 0.134. The molecule has 0 aromatic heterocycles. The molecule has 34 heavy (non-hydrogen) atoms. The first-order valence-corrected chi connectivity index (χ1v) is 13.1. The van der Waals surface area contributed by atoms with Gasteiger partial charge < -0.3 is 14.7 Å². The first-order chi connectivity index (χ1) is 16.5. The molecule has 0 radical (unpaired) electrons. The van der Waals surface area contributed by atoms with E-state index in [2.05, 4.69) is 85.7 Å². The Kier molecular flexibility index (Phi) is 5.12. The maximum Gasteiger partial charge on any atom is 0.123 e. The Morgan fingerprint density at radius 2 is 1.59 bits per heavy atom. The van der Waals surface area contributed by atoms with Crippen LogP contribution in [0.15, 0.2) is 71.6 Å². The van der Waals surface area contributed by atoms with Crippen LogP contribution in [-0.2, 0) is 10.2 Å². The molecular formula is C30H29NO2S. The molecule has 0 atom stereocenters. The van der Waals surface area contributed by atoms with Crippen molar-refractivity contribution in [3.05, 3.63) is 77.9 Å². The Balaban J connectivity index is 1.51. The summed E-state index contributed by atoms with van der Waals surface area (Å²) >= 11 is 1.76. The Labute approximate surface area is 205 Å². The van der Waals surface area contributed by atoms with E-state index in [0.29, 0.717) is 5.75 Å². The topological polar surface area (TPSA) is 32.7 Å². The van der Waals surface area contributed by atoms with E-state index in [4.69, 9.17) is 4.74 Å². The van der Waals surface area contributed by atoms with Crippen LogP contribution in [0.25, 0.3) is 33.0 Å². The van der Waals surface area contributed by atoms with Gasteiger partial charge in [0.1, 0.15) is 5.75 Å². The Bertz CT molecular complexity index is 1400. The van der Waals surface area contributed by atoms with Gasteiger partial charge in [-0.15, -0.1) is 11.8 Å². The molecule has 1 saturated heterocycles. The van der Waals surface area contributed by atoms with Gasteiger partial charge in [0.25, 0.3) is 0 Å². The molecular weight excluding hydrogens is 438 g/mol. The van der Waals surface area contributed by atoms with E-state index in [0.717, 1.165) is 42.6 Å². The van der Waals surface area contributed by atoms with Crippen molar-refractivity contribution in [2.75, 3.05) is 37.5 Å². The number of hydrogen-bond donors (Lipinski definition) is 1. The Hall–Kier alpha value is -2.95. The van der Waals surface area contributed by atoms with Gasteiger partial charge in [0.05, 0.1) is 13.2 Å². The molecule has 0 unspecified atom stereocenters. The second-order valence-corrected chi connectivity index (χ2v) is 10.6. The first kappa shape index (κ1) is 21.6. The van der Waals surface area contributed by atoms with Gasteiger partial charge in [0.2, 0.25) is 0 Å². The van der Waals surface area contributed by atoms with Crippen molar-refractivity contribution in [1.29, 1.82) is 0 Å².